The van der Waals surface area contributed by atoms with Gasteiger partial charge in [0.1, 0.15) is 9.84 Å². The van der Waals surface area contributed by atoms with E-state index < -0.39 is 9.84 Å². The van der Waals surface area contributed by atoms with Crippen LogP contribution in [-0.4, -0.2) is 26.5 Å². The van der Waals surface area contributed by atoms with Crippen molar-refractivity contribution >= 4 is 25.8 Å². The lowest BCUT2D eigenvalue weighted by Gasteiger charge is -2.14. The molecule has 0 saturated carbocycles. The molecule has 0 heterocycles. The van der Waals surface area contributed by atoms with Crippen molar-refractivity contribution in [3.05, 3.63) is 34.3 Å². The van der Waals surface area contributed by atoms with Gasteiger partial charge in [0.25, 0.3) is 0 Å². The first kappa shape index (κ1) is 15.7. The molecule has 0 aliphatic heterocycles. The van der Waals surface area contributed by atoms with E-state index in [-0.39, 0.29) is 17.4 Å². The lowest BCUT2D eigenvalue weighted by molar-refractivity contribution is 0.511. The summed E-state index contributed by atoms with van der Waals surface area (Å²) in [5, 5.41) is 0. The average molecular weight is 334 g/mol. The molecule has 5 heteroatoms. The molecular weight excluding hydrogens is 314 g/mol. The summed E-state index contributed by atoms with van der Waals surface area (Å²) >= 11 is 3.39. The van der Waals surface area contributed by atoms with E-state index in [1.54, 1.807) is 6.92 Å². The fraction of sp³-hybridized carbons (Fsp3) is 0.538. The van der Waals surface area contributed by atoms with Gasteiger partial charge in [0.05, 0.1) is 5.75 Å². The highest BCUT2D eigenvalue weighted by Crippen LogP contribution is 2.16. The van der Waals surface area contributed by atoms with Gasteiger partial charge in [0.15, 0.2) is 0 Å². The molecule has 0 fully saturated rings. The molecule has 102 valence electrons. The summed E-state index contributed by atoms with van der Waals surface area (Å²) in [6.07, 6.45) is 1.48. The van der Waals surface area contributed by atoms with Crippen LogP contribution in [0.4, 0.5) is 0 Å². The second kappa shape index (κ2) is 7.26. The van der Waals surface area contributed by atoms with Crippen LogP contribution in [0.3, 0.4) is 0 Å². The van der Waals surface area contributed by atoms with Gasteiger partial charge in [0.2, 0.25) is 0 Å². The van der Waals surface area contributed by atoms with Crippen molar-refractivity contribution in [1.29, 1.82) is 0 Å². The molecular formula is C13H20BrNO2S. The van der Waals surface area contributed by atoms with Crippen molar-refractivity contribution in [2.24, 2.45) is 11.7 Å². The van der Waals surface area contributed by atoms with Crippen LogP contribution in [0.15, 0.2) is 28.7 Å². The minimum atomic E-state index is -2.89. The van der Waals surface area contributed by atoms with Crippen molar-refractivity contribution in [3.8, 4) is 0 Å². The monoisotopic (exact) mass is 333 g/mol. The van der Waals surface area contributed by atoms with Crippen molar-refractivity contribution in [3.63, 3.8) is 0 Å². The molecule has 1 aromatic rings. The second-order valence-corrected chi connectivity index (χ2v) is 7.85. The number of hydrogen-bond acceptors (Lipinski definition) is 3. The zero-order chi connectivity index (χ0) is 13.6. The molecule has 0 bridgehead atoms. The molecule has 1 atom stereocenters. The highest BCUT2D eigenvalue weighted by molar-refractivity contribution is 9.10. The molecule has 1 unspecified atom stereocenters. The van der Waals surface area contributed by atoms with Gasteiger partial charge in [-0.2, -0.15) is 0 Å². The topological polar surface area (TPSA) is 60.2 Å². The van der Waals surface area contributed by atoms with Crippen molar-refractivity contribution < 1.29 is 8.42 Å². The maximum atomic E-state index is 11.5. The van der Waals surface area contributed by atoms with Gasteiger partial charge < -0.3 is 5.73 Å². The fourth-order valence-electron chi connectivity index (χ4n) is 1.75. The van der Waals surface area contributed by atoms with E-state index in [1.807, 2.05) is 24.3 Å². The van der Waals surface area contributed by atoms with Crippen LogP contribution < -0.4 is 5.73 Å². The number of benzene rings is 1. The van der Waals surface area contributed by atoms with Crippen LogP contribution >= 0.6 is 15.9 Å². The highest BCUT2D eigenvalue weighted by Gasteiger charge is 2.13. The largest absolute Gasteiger partial charge is 0.330 e. The van der Waals surface area contributed by atoms with E-state index in [4.69, 9.17) is 5.73 Å². The van der Waals surface area contributed by atoms with Gasteiger partial charge >= 0.3 is 0 Å². The van der Waals surface area contributed by atoms with Gasteiger partial charge in [0, 0.05) is 10.2 Å². The third kappa shape index (κ3) is 5.50. The number of halogens is 1. The van der Waals surface area contributed by atoms with Crippen LogP contribution in [0.1, 0.15) is 18.9 Å². The Morgan fingerprint density at radius 2 is 1.89 bits per heavy atom. The number of sulfone groups is 1. The first-order valence-electron chi connectivity index (χ1n) is 6.11. The minimum absolute atomic E-state index is 0.211. The highest BCUT2D eigenvalue weighted by atomic mass is 79.9. The molecule has 0 saturated heterocycles. The van der Waals surface area contributed by atoms with E-state index in [2.05, 4.69) is 15.9 Å². The molecule has 2 N–H and O–H groups in total. The Bertz CT molecular complexity index is 456. The molecule has 0 amide bonds. The fourth-order valence-corrected chi connectivity index (χ4v) is 2.99. The van der Waals surface area contributed by atoms with Crippen molar-refractivity contribution in [2.45, 2.75) is 19.8 Å². The Morgan fingerprint density at radius 3 is 2.39 bits per heavy atom. The molecule has 18 heavy (non-hydrogen) atoms. The maximum Gasteiger partial charge on any atom is 0.150 e. The summed E-state index contributed by atoms with van der Waals surface area (Å²) in [7, 11) is -2.89. The number of rotatable bonds is 7. The summed E-state index contributed by atoms with van der Waals surface area (Å²) < 4.78 is 24.0. The van der Waals surface area contributed by atoms with Crippen molar-refractivity contribution in [2.75, 3.05) is 18.1 Å². The summed E-state index contributed by atoms with van der Waals surface area (Å²) in [5.41, 5.74) is 6.91. The van der Waals surface area contributed by atoms with Crippen LogP contribution in [0.25, 0.3) is 0 Å². The predicted molar refractivity (Wildman–Crippen MR) is 79.3 cm³/mol. The van der Waals surface area contributed by atoms with Gasteiger partial charge in [-0.3, -0.25) is 0 Å². The predicted octanol–water partition coefficient (Wildman–Crippen LogP) is 2.39. The van der Waals surface area contributed by atoms with E-state index in [1.165, 1.54) is 5.56 Å². The molecule has 0 aromatic heterocycles. The van der Waals surface area contributed by atoms with E-state index in [0.29, 0.717) is 13.0 Å². The van der Waals surface area contributed by atoms with Crippen LogP contribution in [0, 0.1) is 5.92 Å². The average Bonchev–Trinajstić information content (AvgIpc) is 2.37. The normalized spacial score (nSPS) is 13.5. The Kier molecular flexibility index (Phi) is 6.32. The van der Waals surface area contributed by atoms with Crippen LogP contribution in [0.2, 0.25) is 0 Å². The van der Waals surface area contributed by atoms with Crippen LogP contribution in [0.5, 0.6) is 0 Å². The van der Waals surface area contributed by atoms with Gasteiger partial charge in [-0.15, -0.1) is 0 Å². The maximum absolute atomic E-state index is 11.5. The summed E-state index contributed by atoms with van der Waals surface area (Å²) in [5.74, 6) is 0.678. The Morgan fingerprint density at radius 1 is 1.28 bits per heavy atom. The van der Waals surface area contributed by atoms with Crippen molar-refractivity contribution in [1.82, 2.24) is 0 Å². The van der Waals surface area contributed by atoms with Gasteiger partial charge in [-0.05, 0) is 43.0 Å². The molecule has 1 rings (SSSR count). The SMILES string of the molecule is CCS(=O)(=O)CCC(CN)Cc1ccc(Br)cc1. The number of nitrogens with two attached hydrogens (primary N) is 1. The Labute approximate surface area is 118 Å². The zero-order valence-corrected chi connectivity index (χ0v) is 13.0. The van der Waals surface area contributed by atoms with E-state index in [0.717, 1.165) is 10.9 Å². The molecule has 3 nitrogen and oxygen atoms in total. The first-order chi connectivity index (χ1) is 8.46. The standard InChI is InChI=1S/C13H20BrNO2S/c1-2-18(16,17)8-7-12(10-15)9-11-3-5-13(14)6-4-11/h3-6,12H,2,7-10,15H2,1H3. The first-order valence-corrected chi connectivity index (χ1v) is 8.73. The minimum Gasteiger partial charge on any atom is -0.330 e. The quantitative estimate of drug-likeness (QED) is 0.833. The third-order valence-electron chi connectivity index (χ3n) is 3.05. The Hall–Kier alpha value is -0.390. The molecule has 0 spiro atoms. The van der Waals surface area contributed by atoms with Gasteiger partial charge in [-0.25, -0.2) is 8.42 Å². The van der Waals surface area contributed by atoms with Gasteiger partial charge in [-0.1, -0.05) is 35.0 Å². The number of hydrogen-bond donors (Lipinski definition) is 1. The summed E-state index contributed by atoms with van der Waals surface area (Å²) in [6, 6.07) is 8.07. The summed E-state index contributed by atoms with van der Waals surface area (Å²) in [4.78, 5) is 0. The Balaban J connectivity index is 2.54. The molecule has 1 aromatic carbocycles. The smallest absolute Gasteiger partial charge is 0.150 e. The molecule has 0 aliphatic carbocycles. The lowest BCUT2D eigenvalue weighted by atomic mass is 9.97. The van der Waals surface area contributed by atoms with Crippen LogP contribution in [-0.2, 0) is 16.3 Å². The summed E-state index contributed by atoms with van der Waals surface area (Å²) in [6.45, 7) is 2.21. The molecule has 0 aliphatic rings. The molecule has 0 radical (unpaired) electrons. The third-order valence-corrected chi connectivity index (χ3v) is 5.31. The zero-order valence-electron chi connectivity index (χ0n) is 10.6. The van der Waals surface area contributed by atoms with E-state index >= 15 is 0 Å². The second-order valence-electron chi connectivity index (χ2n) is 4.46. The van der Waals surface area contributed by atoms with E-state index in [9.17, 15) is 8.42 Å². The lowest BCUT2D eigenvalue weighted by Crippen LogP contribution is -2.21.